The highest BCUT2D eigenvalue weighted by atomic mass is 35.5. The van der Waals surface area contributed by atoms with Crippen molar-refractivity contribution in [3.63, 3.8) is 0 Å². The Bertz CT molecular complexity index is 622. The van der Waals surface area contributed by atoms with Crippen LogP contribution in [-0.2, 0) is 7.05 Å². The Morgan fingerprint density at radius 1 is 1.55 bits per heavy atom. The molecule has 1 heterocycles. The van der Waals surface area contributed by atoms with Crippen LogP contribution in [0, 0.1) is 5.92 Å². The van der Waals surface area contributed by atoms with Gasteiger partial charge < -0.3 is 11.1 Å². The molecular weight excluding hydrogens is 278 g/mol. The molecule has 1 aromatic carbocycles. The largest absolute Gasteiger partial charge is 0.348 e. The highest BCUT2D eigenvalue weighted by molar-refractivity contribution is 5.97. The molecule has 0 radical (unpaired) electrons. The van der Waals surface area contributed by atoms with Crippen LogP contribution in [0.25, 0.3) is 11.0 Å². The molecule has 0 aliphatic heterocycles. The van der Waals surface area contributed by atoms with E-state index in [9.17, 15) is 4.79 Å². The van der Waals surface area contributed by atoms with Crippen molar-refractivity contribution >= 4 is 29.3 Å². The van der Waals surface area contributed by atoms with Gasteiger partial charge in [-0.2, -0.15) is 0 Å². The van der Waals surface area contributed by atoms with Gasteiger partial charge in [0.05, 0.1) is 5.52 Å². The summed E-state index contributed by atoms with van der Waals surface area (Å²) in [4.78, 5) is 12.2. The average molecular weight is 296 g/mol. The highest BCUT2D eigenvalue weighted by Gasteiger charge is 2.31. The summed E-state index contributed by atoms with van der Waals surface area (Å²) in [5.41, 5.74) is 7.94. The van der Waals surface area contributed by atoms with E-state index in [1.165, 1.54) is 0 Å². The van der Waals surface area contributed by atoms with Gasteiger partial charge in [0.2, 0.25) is 0 Å². The van der Waals surface area contributed by atoms with E-state index in [1.54, 1.807) is 16.8 Å². The summed E-state index contributed by atoms with van der Waals surface area (Å²) < 4.78 is 1.68. The van der Waals surface area contributed by atoms with E-state index < -0.39 is 0 Å². The van der Waals surface area contributed by atoms with E-state index in [1.807, 2.05) is 13.1 Å². The zero-order chi connectivity index (χ0) is 13.4. The van der Waals surface area contributed by atoms with E-state index >= 15 is 0 Å². The number of amides is 1. The quantitative estimate of drug-likeness (QED) is 0.876. The second-order valence-corrected chi connectivity index (χ2v) is 5.07. The van der Waals surface area contributed by atoms with Crippen molar-refractivity contribution < 1.29 is 4.79 Å². The smallest absolute Gasteiger partial charge is 0.251 e. The van der Waals surface area contributed by atoms with Gasteiger partial charge in [0.15, 0.2) is 0 Å². The van der Waals surface area contributed by atoms with Crippen molar-refractivity contribution in [2.24, 2.45) is 18.7 Å². The summed E-state index contributed by atoms with van der Waals surface area (Å²) >= 11 is 0. The van der Waals surface area contributed by atoms with Crippen LogP contribution in [0.4, 0.5) is 0 Å². The van der Waals surface area contributed by atoms with Crippen LogP contribution in [0.3, 0.4) is 0 Å². The predicted molar refractivity (Wildman–Crippen MR) is 78.8 cm³/mol. The number of aryl methyl sites for hydroxylation is 1. The lowest BCUT2D eigenvalue weighted by molar-refractivity contribution is 0.0933. The summed E-state index contributed by atoms with van der Waals surface area (Å²) in [6.07, 6.45) is 2.32. The third kappa shape index (κ3) is 2.76. The molecule has 108 valence electrons. The van der Waals surface area contributed by atoms with E-state index in [0.717, 1.165) is 23.9 Å². The first-order valence-electron chi connectivity index (χ1n) is 6.49. The molecule has 2 aromatic rings. The van der Waals surface area contributed by atoms with E-state index in [2.05, 4.69) is 15.6 Å². The first-order valence-corrected chi connectivity index (χ1v) is 6.49. The lowest BCUT2D eigenvalue weighted by atomic mass is 10.1. The summed E-state index contributed by atoms with van der Waals surface area (Å²) in [6, 6.07) is 5.50. The molecule has 0 saturated heterocycles. The Kier molecular flexibility index (Phi) is 4.25. The second-order valence-electron chi connectivity index (χ2n) is 5.07. The molecule has 1 unspecified atom stereocenters. The molecule has 7 heteroatoms. The minimum Gasteiger partial charge on any atom is -0.348 e. The maximum absolute atomic E-state index is 12.2. The van der Waals surface area contributed by atoms with Gasteiger partial charge in [0.25, 0.3) is 5.91 Å². The number of aromatic nitrogens is 3. The van der Waals surface area contributed by atoms with Gasteiger partial charge in [0, 0.05) is 25.2 Å². The standard InChI is InChI=1S/C13H17N5O.ClH/c1-18-12-5-4-9(6-10(12)16-17-18)13(19)15-11(7-14)8-2-3-8;/h4-6,8,11H,2-3,7,14H2,1H3,(H,15,19);1H. The topological polar surface area (TPSA) is 85.8 Å². The minimum absolute atomic E-state index is 0. The van der Waals surface area contributed by atoms with Crippen molar-refractivity contribution in [3.05, 3.63) is 23.8 Å². The third-order valence-electron chi connectivity index (χ3n) is 3.63. The summed E-state index contributed by atoms with van der Waals surface area (Å²) in [5.74, 6) is 0.462. The summed E-state index contributed by atoms with van der Waals surface area (Å²) in [7, 11) is 1.83. The Labute approximate surface area is 123 Å². The van der Waals surface area contributed by atoms with Gasteiger partial charge in [0.1, 0.15) is 5.52 Å². The lowest BCUT2D eigenvalue weighted by Crippen LogP contribution is -2.41. The normalized spacial score (nSPS) is 15.7. The van der Waals surface area contributed by atoms with Crippen molar-refractivity contribution in [1.29, 1.82) is 0 Å². The predicted octanol–water partition coefficient (Wildman–Crippen LogP) is 0.857. The lowest BCUT2D eigenvalue weighted by Gasteiger charge is -2.15. The van der Waals surface area contributed by atoms with Gasteiger partial charge in [-0.1, -0.05) is 5.21 Å². The fourth-order valence-electron chi connectivity index (χ4n) is 2.30. The number of carbonyl (C=O) groups excluding carboxylic acids is 1. The van der Waals surface area contributed by atoms with Crippen LogP contribution in [0.5, 0.6) is 0 Å². The second kappa shape index (κ2) is 5.76. The molecule has 1 aromatic heterocycles. The fourth-order valence-corrected chi connectivity index (χ4v) is 2.30. The molecule has 0 bridgehead atoms. The minimum atomic E-state index is -0.0881. The fraction of sp³-hybridized carbons (Fsp3) is 0.462. The van der Waals surface area contributed by atoms with Crippen molar-refractivity contribution in [2.75, 3.05) is 6.54 Å². The molecule has 1 saturated carbocycles. The number of nitrogens with zero attached hydrogens (tertiary/aromatic N) is 3. The molecule has 1 fully saturated rings. The number of rotatable bonds is 4. The first kappa shape index (κ1) is 14.7. The maximum atomic E-state index is 12.2. The van der Waals surface area contributed by atoms with Crippen LogP contribution >= 0.6 is 12.4 Å². The molecule has 20 heavy (non-hydrogen) atoms. The van der Waals surface area contributed by atoms with Gasteiger partial charge in [-0.3, -0.25) is 4.79 Å². The number of halogens is 1. The third-order valence-corrected chi connectivity index (χ3v) is 3.63. The van der Waals surface area contributed by atoms with Gasteiger partial charge in [-0.15, -0.1) is 17.5 Å². The van der Waals surface area contributed by atoms with Crippen molar-refractivity contribution in [3.8, 4) is 0 Å². The average Bonchev–Trinajstić information content (AvgIpc) is 3.20. The van der Waals surface area contributed by atoms with Crippen molar-refractivity contribution in [1.82, 2.24) is 20.3 Å². The Morgan fingerprint density at radius 3 is 2.95 bits per heavy atom. The molecule has 3 N–H and O–H groups in total. The monoisotopic (exact) mass is 295 g/mol. The van der Waals surface area contributed by atoms with Crippen LogP contribution < -0.4 is 11.1 Å². The van der Waals surface area contributed by atoms with Crippen LogP contribution in [0.1, 0.15) is 23.2 Å². The molecule has 0 spiro atoms. The van der Waals surface area contributed by atoms with Crippen LogP contribution in [0.2, 0.25) is 0 Å². The van der Waals surface area contributed by atoms with E-state index in [0.29, 0.717) is 18.0 Å². The molecule has 1 aliphatic carbocycles. The number of hydrogen-bond acceptors (Lipinski definition) is 4. The molecule has 6 nitrogen and oxygen atoms in total. The zero-order valence-corrected chi connectivity index (χ0v) is 12.1. The van der Waals surface area contributed by atoms with Crippen molar-refractivity contribution in [2.45, 2.75) is 18.9 Å². The first-order chi connectivity index (χ1) is 9.19. The Balaban J connectivity index is 0.00000147. The number of benzene rings is 1. The summed E-state index contributed by atoms with van der Waals surface area (Å²) in [5, 5.41) is 10.9. The van der Waals surface area contributed by atoms with Crippen LogP contribution in [-0.4, -0.2) is 33.5 Å². The van der Waals surface area contributed by atoms with Gasteiger partial charge >= 0.3 is 0 Å². The molecule has 1 aliphatic rings. The van der Waals surface area contributed by atoms with Gasteiger partial charge in [-0.05, 0) is 37.0 Å². The Morgan fingerprint density at radius 2 is 2.30 bits per heavy atom. The molecule has 3 rings (SSSR count). The number of carbonyl (C=O) groups is 1. The Hall–Kier alpha value is -1.66. The number of hydrogen-bond donors (Lipinski definition) is 2. The zero-order valence-electron chi connectivity index (χ0n) is 11.2. The SMILES string of the molecule is Cl.Cn1nnc2cc(C(=O)NC(CN)C3CC3)ccc21. The molecule has 1 atom stereocenters. The van der Waals surface area contributed by atoms with Gasteiger partial charge in [-0.25, -0.2) is 4.68 Å². The van der Waals surface area contributed by atoms with E-state index in [-0.39, 0.29) is 24.4 Å². The molecule has 1 amide bonds. The number of fused-ring (bicyclic) bond motifs is 1. The van der Waals surface area contributed by atoms with E-state index in [4.69, 9.17) is 5.73 Å². The summed E-state index contributed by atoms with van der Waals surface area (Å²) in [6.45, 7) is 0.490. The number of nitrogens with two attached hydrogens (primary N) is 1. The number of nitrogens with one attached hydrogen (secondary N) is 1. The molecular formula is C13H18ClN5O. The maximum Gasteiger partial charge on any atom is 0.251 e. The van der Waals surface area contributed by atoms with Crippen LogP contribution in [0.15, 0.2) is 18.2 Å². The highest BCUT2D eigenvalue weighted by Crippen LogP contribution is 2.32.